The molecule has 1 aliphatic rings. The van der Waals surface area contributed by atoms with Crippen LogP contribution in [0.2, 0.25) is 0 Å². The van der Waals surface area contributed by atoms with E-state index in [1.54, 1.807) is 6.07 Å². The number of halogens is 1. The average molecular weight is 431 g/mol. The Kier molecular flexibility index (Phi) is 6.34. The van der Waals surface area contributed by atoms with E-state index in [1.807, 2.05) is 54.3 Å². The molecule has 2 aromatic rings. The molecule has 2 N–H and O–H groups in total. The number of rotatable bonds is 4. The van der Waals surface area contributed by atoms with Crippen molar-refractivity contribution in [2.75, 3.05) is 42.9 Å². The molecule has 0 bridgehead atoms. The van der Waals surface area contributed by atoms with Crippen molar-refractivity contribution in [2.24, 2.45) is 0 Å². The van der Waals surface area contributed by atoms with Crippen LogP contribution in [0.3, 0.4) is 0 Å². The first-order valence-corrected chi connectivity index (χ1v) is 9.81. The van der Waals surface area contributed by atoms with Gasteiger partial charge in [0.1, 0.15) is 0 Å². The van der Waals surface area contributed by atoms with Gasteiger partial charge in [0.2, 0.25) is 0 Å². The molecule has 3 amide bonds. The Morgan fingerprint density at radius 1 is 1.00 bits per heavy atom. The number of hydrogen-bond donors (Lipinski definition) is 2. The number of carbonyl (C=O) groups excluding carboxylic acids is 2. The Hall–Kier alpha value is -2.54. The van der Waals surface area contributed by atoms with Crippen LogP contribution in [-0.4, -0.2) is 49.6 Å². The fraction of sp³-hybridized carbons (Fsp3) is 0.300. The van der Waals surface area contributed by atoms with Gasteiger partial charge in [-0.05, 0) is 59.3 Å². The summed E-state index contributed by atoms with van der Waals surface area (Å²) >= 11 is 3.40. The lowest BCUT2D eigenvalue weighted by atomic mass is 10.2. The number of carbonyl (C=O) groups is 2. The zero-order chi connectivity index (χ0) is 19.2. The van der Waals surface area contributed by atoms with Crippen LogP contribution in [-0.2, 0) is 0 Å². The SMILES string of the molecule is CCNC(=O)N1CCN(c2ccc(NC(=O)c3ccccc3Br)cc2)CC1. The molecule has 6 nitrogen and oxygen atoms in total. The first-order valence-electron chi connectivity index (χ1n) is 9.02. The highest BCUT2D eigenvalue weighted by molar-refractivity contribution is 9.10. The normalized spacial score (nSPS) is 14.0. The maximum Gasteiger partial charge on any atom is 0.317 e. The zero-order valence-electron chi connectivity index (χ0n) is 15.2. The van der Waals surface area contributed by atoms with Crippen LogP contribution >= 0.6 is 15.9 Å². The molecule has 0 unspecified atom stereocenters. The largest absolute Gasteiger partial charge is 0.368 e. The topological polar surface area (TPSA) is 64.7 Å². The van der Waals surface area contributed by atoms with Crippen molar-refractivity contribution in [2.45, 2.75) is 6.92 Å². The lowest BCUT2D eigenvalue weighted by molar-refractivity contribution is 0.102. The van der Waals surface area contributed by atoms with Gasteiger partial charge in [-0.3, -0.25) is 4.79 Å². The molecule has 0 atom stereocenters. The molecule has 0 spiro atoms. The molecule has 1 aliphatic heterocycles. The molecule has 142 valence electrons. The van der Waals surface area contributed by atoms with Gasteiger partial charge in [0.25, 0.3) is 5.91 Å². The molecule has 0 aromatic heterocycles. The second-order valence-corrected chi connectivity index (χ2v) is 7.14. The Morgan fingerprint density at radius 2 is 1.67 bits per heavy atom. The summed E-state index contributed by atoms with van der Waals surface area (Å²) in [6, 6.07) is 15.1. The molecule has 0 radical (unpaired) electrons. The van der Waals surface area contributed by atoms with Crippen LogP contribution in [0.4, 0.5) is 16.2 Å². The lowest BCUT2D eigenvalue weighted by Gasteiger charge is -2.36. The van der Waals surface area contributed by atoms with E-state index in [4.69, 9.17) is 0 Å². The number of nitrogens with one attached hydrogen (secondary N) is 2. The number of nitrogens with zero attached hydrogens (tertiary/aromatic N) is 2. The third kappa shape index (κ3) is 4.80. The molecule has 0 aliphatic carbocycles. The van der Waals surface area contributed by atoms with E-state index >= 15 is 0 Å². The van der Waals surface area contributed by atoms with E-state index < -0.39 is 0 Å². The van der Waals surface area contributed by atoms with E-state index in [9.17, 15) is 9.59 Å². The van der Waals surface area contributed by atoms with E-state index in [1.165, 1.54) is 0 Å². The summed E-state index contributed by atoms with van der Waals surface area (Å²) in [5.41, 5.74) is 2.44. The van der Waals surface area contributed by atoms with Crippen molar-refractivity contribution >= 4 is 39.2 Å². The molecule has 1 saturated heterocycles. The first-order chi connectivity index (χ1) is 13.1. The van der Waals surface area contributed by atoms with E-state index in [-0.39, 0.29) is 11.9 Å². The highest BCUT2D eigenvalue weighted by Gasteiger charge is 2.20. The fourth-order valence-electron chi connectivity index (χ4n) is 3.03. The van der Waals surface area contributed by atoms with Crippen LogP contribution < -0.4 is 15.5 Å². The Balaban J connectivity index is 1.57. The number of hydrogen-bond acceptors (Lipinski definition) is 3. The maximum atomic E-state index is 12.4. The van der Waals surface area contributed by atoms with Crippen molar-refractivity contribution < 1.29 is 9.59 Å². The van der Waals surface area contributed by atoms with Gasteiger partial charge in [0.15, 0.2) is 0 Å². The first kappa shape index (κ1) is 19.2. The monoisotopic (exact) mass is 430 g/mol. The second kappa shape index (κ2) is 8.90. The van der Waals surface area contributed by atoms with Gasteiger partial charge in [-0.2, -0.15) is 0 Å². The summed E-state index contributed by atoms with van der Waals surface area (Å²) in [5, 5.41) is 5.75. The molecule has 1 heterocycles. The van der Waals surface area contributed by atoms with Gasteiger partial charge >= 0.3 is 6.03 Å². The van der Waals surface area contributed by atoms with Crippen LogP contribution in [0.5, 0.6) is 0 Å². The summed E-state index contributed by atoms with van der Waals surface area (Å²) in [5.74, 6) is -0.147. The standard InChI is InChI=1S/C20H23BrN4O2/c1-2-22-20(27)25-13-11-24(12-14-25)16-9-7-15(8-10-16)23-19(26)17-5-3-4-6-18(17)21/h3-10H,2,11-14H2,1H3,(H,22,27)(H,23,26). The van der Waals surface area contributed by atoms with E-state index in [2.05, 4.69) is 31.5 Å². The van der Waals surface area contributed by atoms with Crippen molar-refractivity contribution in [3.8, 4) is 0 Å². The number of urea groups is 1. The predicted molar refractivity (Wildman–Crippen MR) is 111 cm³/mol. The van der Waals surface area contributed by atoms with Crippen molar-refractivity contribution in [3.63, 3.8) is 0 Å². The van der Waals surface area contributed by atoms with Gasteiger partial charge < -0.3 is 20.4 Å². The highest BCUT2D eigenvalue weighted by Crippen LogP contribution is 2.21. The average Bonchev–Trinajstić information content (AvgIpc) is 2.69. The van der Waals surface area contributed by atoms with Crippen molar-refractivity contribution in [1.29, 1.82) is 0 Å². The van der Waals surface area contributed by atoms with Crippen LogP contribution in [0, 0.1) is 0 Å². The molecule has 0 saturated carbocycles. The quantitative estimate of drug-likeness (QED) is 0.779. The Bertz CT molecular complexity index is 802. The molecular weight excluding hydrogens is 408 g/mol. The minimum absolute atomic E-state index is 0.00211. The smallest absolute Gasteiger partial charge is 0.317 e. The molecule has 27 heavy (non-hydrogen) atoms. The molecule has 1 fully saturated rings. The van der Waals surface area contributed by atoms with Gasteiger partial charge in [-0.1, -0.05) is 12.1 Å². The number of anilines is 2. The molecule has 3 rings (SSSR count). The van der Waals surface area contributed by atoms with Crippen molar-refractivity contribution in [1.82, 2.24) is 10.2 Å². The van der Waals surface area contributed by atoms with E-state index in [0.717, 1.165) is 28.9 Å². The minimum atomic E-state index is -0.147. The third-order valence-corrected chi connectivity index (χ3v) is 5.20. The Labute approximate surface area is 167 Å². The fourth-order valence-corrected chi connectivity index (χ4v) is 3.49. The highest BCUT2D eigenvalue weighted by atomic mass is 79.9. The predicted octanol–water partition coefficient (Wildman–Crippen LogP) is 3.55. The summed E-state index contributed by atoms with van der Waals surface area (Å²) in [6.45, 7) is 5.55. The summed E-state index contributed by atoms with van der Waals surface area (Å²) in [4.78, 5) is 28.3. The number of benzene rings is 2. The van der Waals surface area contributed by atoms with Gasteiger partial charge in [0, 0.05) is 48.6 Å². The van der Waals surface area contributed by atoms with Gasteiger partial charge in [-0.25, -0.2) is 4.79 Å². The van der Waals surface area contributed by atoms with Crippen molar-refractivity contribution in [3.05, 3.63) is 58.6 Å². The summed E-state index contributed by atoms with van der Waals surface area (Å²) in [6.07, 6.45) is 0. The minimum Gasteiger partial charge on any atom is -0.368 e. The molecule has 7 heteroatoms. The summed E-state index contributed by atoms with van der Waals surface area (Å²) in [7, 11) is 0. The molecule has 2 aromatic carbocycles. The second-order valence-electron chi connectivity index (χ2n) is 6.29. The van der Waals surface area contributed by atoms with Crippen LogP contribution in [0.1, 0.15) is 17.3 Å². The Morgan fingerprint density at radius 3 is 2.30 bits per heavy atom. The number of amides is 3. The summed E-state index contributed by atoms with van der Waals surface area (Å²) < 4.78 is 0.768. The third-order valence-electron chi connectivity index (χ3n) is 4.50. The lowest BCUT2D eigenvalue weighted by Crippen LogP contribution is -2.51. The molecular formula is C20H23BrN4O2. The van der Waals surface area contributed by atoms with E-state index in [0.29, 0.717) is 25.2 Å². The maximum absolute atomic E-state index is 12.4. The van der Waals surface area contributed by atoms with Gasteiger partial charge in [0.05, 0.1) is 5.56 Å². The van der Waals surface area contributed by atoms with Gasteiger partial charge in [-0.15, -0.1) is 0 Å². The van der Waals surface area contributed by atoms with Crippen LogP contribution in [0.25, 0.3) is 0 Å². The zero-order valence-corrected chi connectivity index (χ0v) is 16.8. The number of piperazine rings is 1. The van der Waals surface area contributed by atoms with Crippen LogP contribution in [0.15, 0.2) is 53.0 Å².